The van der Waals surface area contributed by atoms with E-state index in [0.717, 1.165) is 5.56 Å². The Bertz CT molecular complexity index is 1350. The molecule has 6 atom stereocenters. The molecule has 2 bridgehead atoms. The van der Waals surface area contributed by atoms with Crippen LogP contribution in [0.4, 0.5) is 5.69 Å². The number of aliphatic hydroxyl groups is 1. The van der Waals surface area contributed by atoms with Crippen molar-refractivity contribution in [2.75, 3.05) is 31.8 Å². The molecule has 1 N–H and O–H groups in total. The van der Waals surface area contributed by atoms with E-state index in [1.807, 2.05) is 37.3 Å². The largest absolute Gasteiger partial charge is 0.497 e. The van der Waals surface area contributed by atoms with Gasteiger partial charge in [0.05, 0.1) is 36.3 Å². The van der Waals surface area contributed by atoms with Gasteiger partial charge in [0.15, 0.2) is 0 Å². The van der Waals surface area contributed by atoms with E-state index in [2.05, 4.69) is 13.2 Å². The Kier molecular flexibility index (Phi) is 8.53. The van der Waals surface area contributed by atoms with Crippen LogP contribution in [0.25, 0.3) is 0 Å². The second kappa shape index (κ2) is 12.0. The Morgan fingerprint density at radius 1 is 1.14 bits per heavy atom. The number of benzene rings is 2. The summed E-state index contributed by atoms with van der Waals surface area (Å²) < 4.78 is 9.43. The van der Waals surface area contributed by atoms with Gasteiger partial charge in [0.2, 0.25) is 5.91 Å². The first-order valence-electron chi connectivity index (χ1n) is 14.3. The molecule has 2 aromatic rings. The number of nitrogens with zero attached hydrogens (tertiary/aromatic N) is 2. The number of carbonyl (C=O) groups excluding carboxylic acids is 3. The van der Waals surface area contributed by atoms with Gasteiger partial charge in [-0.2, -0.15) is 0 Å². The molecule has 3 aliphatic heterocycles. The van der Waals surface area contributed by atoms with Gasteiger partial charge in [-0.25, -0.2) is 0 Å². The number of anilines is 1. The molecule has 9 heteroatoms. The maximum Gasteiger partial charge on any atom is 0.311 e. The van der Waals surface area contributed by atoms with Crippen molar-refractivity contribution in [2.24, 2.45) is 11.8 Å². The van der Waals surface area contributed by atoms with E-state index in [1.54, 1.807) is 59.0 Å². The van der Waals surface area contributed by atoms with Gasteiger partial charge in [0.25, 0.3) is 5.91 Å². The van der Waals surface area contributed by atoms with E-state index in [4.69, 9.17) is 9.47 Å². The van der Waals surface area contributed by atoms with E-state index in [0.29, 0.717) is 30.7 Å². The number of thioether (sulfide) groups is 1. The summed E-state index contributed by atoms with van der Waals surface area (Å²) in [5, 5.41) is 10.7. The van der Waals surface area contributed by atoms with Gasteiger partial charge >= 0.3 is 5.97 Å². The van der Waals surface area contributed by atoms with Crippen molar-refractivity contribution < 1.29 is 29.0 Å². The first kappa shape index (κ1) is 29.9. The highest BCUT2D eigenvalue weighted by Crippen LogP contribution is 2.71. The predicted molar refractivity (Wildman–Crippen MR) is 163 cm³/mol. The van der Waals surface area contributed by atoms with Crippen LogP contribution in [0.1, 0.15) is 25.3 Å². The van der Waals surface area contributed by atoms with Crippen LogP contribution in [-0.4, -0.2) is 76.2 Å². The first-order chi connectivity index (χ1) is 20.2. The number of hydrogen-bond acceptors (Lipinski definition) is 7. The van der Waals surface area contributed by atoms with Crippen LogP contribution < -0.4 is 9.64 Å². The standard InChI is InChI=1S/C33H38N2O6S/c1-5-18-34(23-12-14-25(40-4)15-13-23)30(38)28-33-17-16-32(3,42-33)27(31(39)41-19-6-2)26(33)29(37)35(28)24(21-36)20-22-10-8-7-9-11-22/h5-15,24,26-28,36H,1-2,16-21H2,3-4H3/t24-,26+,27-,28?,32+,33?/m1/s1. The van der Waals surface area contributed by atoms with Crippen molar-refractivity contribution in [3.05, 3.63) is 85.5 Å². The van der Waals surface area contributed by atoms with Crippen molar-refractivity contribution in [1.29, 1.82) is 0 Å². The molecule has 42 heavy (non-hydrogen) atoms. The Labute approximate surface area is 251 Å². The number of likely N-dealkylation sites (tertiary alicyclic amines) is 1. The quantitative estimate of drug-likeness (QED) is 0.295. The molecule has 2 aromatic carbocycles. The fraction of sp³-hybridized carbons (Fsp3) is 0.424. The Hall–Kier alpha value is -3.56. The van der Waals surface area contributed by atoms with Gasteiger partial charge < -0.3 is 24.4 Å². The topological polar surface area (TPSA) is 96.4 Å². The number of hydrogen-bond donors (Lipinski definition) is 1. The Morgan fingerprint density at radius 2 is 1.86 bits per heavy atom. The third kappa shape index (κ3) is 4.92. The minimum Gasteiger partial charge on any atom is -0.497 e. The summed E-state index contributed by atoms with van der Waals surface area (Å²) in [7, 11) is 1.58. The SMILES string of the molecule is C=CCOC(=O)[C@H]1[C@H]2C(=O)N([C@@H](CO)Cc3ccccc3)C(C(=O)N(CC=C)c3ccc(OC)cc3)C23CC[C@]1(C)S3. The zero-order valence-corrected chi connectivity index (χ0v) is 24.9. The molecule has 1 spiro atoms. The lowest BCUT2D eigenvalue weighted by molar-refractivity contribution is -0.155. The highest BCUT2D eigenvalue weighted by molar-refractivity contribution is 8.02. The normalized spacial score (nSPS) is 28.2. The molecular formula is C33H38N2O6S. The third-order valence-corrected chi connectivity index (χ3v) is 10.9. The summed E-state index contributed by atoms with van der Waals surface area (Å²) in [5.41, 5.74) is 1.58. The van der Waals surface area contributed by atoms with E-state index in [9.17, 15) is 19.5 Å². The summed E-state index contributed by atoms with van der Waals surface area (Å²) in [6.07, 6.45) is 4.79. The number of amides is 2. The maximum absolute atomic E-state index is 14.8. The first-order valence-corrected chi connectivity index (χ1v) is 15.1. The highest BCUT2D eigenvalue weighted by Gasteiger charge is 2.78. The van der Waals surface area contributed by atoms with Gasteiger partial charge in [0, 0.05) is 17.0 Å². The molecule has 5 rings (SSSR count). The number of fused-ring (bicyclic) bond motifs is 1. The van der Waals surface area contributed by atoms with Crippen molar-refractivity contribution in [3.8, 4) is 5.75 Å². The highest BCUT2D eigenvalue weighted by atomic mass is 32.2. The fourth-order valence-corrected chi connectivity index (χ4v) is 9.45. The van der Waals surface area contributed by atoms with Gasteiger partial charge in [-0.15, -0.1) is 18.3 Å². The molecular weight excluding hydrogens is 552 g/mol. The molecule has 3 fully saturated rings. The lowest BCUT2D eigenvalue weighted by atomic mass is 9.66. The lowest BCUT2D eigenvalue weighted by Gasteiger charge is -2.39. The number of methoxy groups -OCH3 is 1. The zero-order chi connectivity index (χ0) is 30.1. The molecule has 3 heterocycles. The number of carbonyl (C=O) groups is 3. The number of ether oxygens (including phenoxy) is 2. The van der Waals surface area contributed by atoms with Crippen LogP contribution in [0.15, 0.2) is 79.9 Å². The van der Waals surface area contributed by atoms with Crippen molar-refractivity contribution in [2.45, 2.75) is 47.8 Å². The average Bonchev–Trinajstić information content (AvgIpc) is 3.58. The summed E-state index contributed by atoms with van der Waals surface area (Å²) in [6.45, 7) is 9.48. The molecule has 2 unspecified atom stereocenters. The average molecular weight is 591 g/mol. The van der Waals surface area contributed by atoms with Crippen LogP contribution in [0.5, 0.6) is 5.75 Å². The van der Waals surface area contributed by atoms with Gasteiger partial charge in [-0.05, 0) is 56.0 Å². The summed E-state index contributed by atoms with van der Waals surface area (Å²) in [4.78, 5) is 46.1. The van der Waals surface area contributed by atoms with Crippen molar-refractivity contribution >= 4 is 35.2 Å². The van der Waals surface area contributed by atoms with Crippen molar-refractivity contribution in [1.82, 2.24) is 4.90 Å². The smallest absolute Gasteiger partial charge is 0.311 e. The van der Waals surface area contributed by atoms with E-state index in [1.165, 1.54) is 6.08 Å². The van der Waals surface area contributed by atoms with E-state index < -0.39 is 39.4 Å². The van der Waals surface area contributed by atoms with Crippen LogP contribution in [-0.2, 0) is 25.5 Å². The molecule has 222 valence electrons. The van der Waals surface area contributed by atoms with E-state index >= 15 is 0 Å². The van der Waals surface area contributed by atoms with Gasteiger partial charge in [-0.1, -0.05) is 49.1 Å². The van der Waals surface area contributed by atoms with Gasteiger partial charge in [0.1, 0.15) is 18.4 Å². The minimum absolute atomic E-state index is 0.0495. The molecule has 0 aliphatic carbocycles. The minimum atomic E-state index is -0.901. The number of esters is 1. The monoisotopic (exact) mass is 590 g/mol. The third-order valence-electron chi connectivity index (χ3n) is 8.93. The van der Waals surface area contributed by atoms with Crippen molar-refractivity contribution in [3.63, 3.8) is 0 Å². The fourth-order valence-electron chi connectivity index (χ4n) is 7.12. The summed E-state index contributed by atoms with van der Waals surface area (Å²) >= 11 is 1.57. The summed E-state index contributed by atoms with van der Waals surface area (Å²) in [5.74, 6) is -1.80. The molecule has 0 aromatic heterocycles. The molecule has 3 saturated heterocycles. The molecule has 0 radical (unpaired) electrons. The van der Waals surface area contributed by atoms with Gasteiger partial charge in [-0.3, -0.25) is 14.4 Å². The second-order valence-corrected chi connectivity index (χ2v) is 13.3. The maximum atomic E-state index is 14.8. The number of aliphatic hydroxyl groups excluding tert-OH is 1. The zero-order valence-electron chi connectivity index (χ0n) is 24.1. The van der Waals surface area contributed by atoms with Crippen LogP contribution in [0.2, 0.25) is 0 Å². The Balaban J connectivity index is 1.61. The molecule has 0 saturated carbocycles. The Morgan fingerprint density at radius 3 is 2.48 bits per heavy atom. The number of rotatable bonds is 12. The van der Waals surface area contributed by atoms with Crippen LogP contribution in [0.3, 0.4) is 0 Å². The predicted octanol–water partition coefficient (Wildman–Crippen LogP) is 4.03. The van der Waals surface area contributed by atoms with Crippen LogP contribution >= 0.6 is 11.8 Å². The second-order valence-electron chi connectivity index (χ2n) is 11.4. The van der Waals surface area contributed by atoms with Crippen LogP contribution in [0, 0.1) is 11.8 Å². The molecule has 2 amide bonds. The van der Waals surface area contributed by atoms with E-state index in [-0.39, 0.29) is 31.6 Å². The summed E-state index contributed by atoms with van der Waals surface area (Å²) in [6, 6.07) is 15.2. The lowest BCUT2D eigenvalue weighted by Crippen LogP contribution is -2.58. The molecule has 8 nitrogen and oxygen atoms in total. The molecule has 3 aliphatic rings.